The van der Waals surface area contributed by atoms with E-state index < -0.39 is 0 Å². The van der Waals surface area contributed by atoms with Crippen LogP contribution in [0.5, 0.6) is 0 Å². The average molecular weight is 279 g/mol. The third-order valence-electron chi connectivity index (χ3n) is 5.34. The number of likely N-dealkylation sites (tertiary alicyclic amines) is 1. The predicted octanol–water partition coefficient (Wildman–Crippen LogP) is 3.43. The molecule has 2 aliphatic rings. The van der Waals surface area contributed by atoms with Crippen molar-refractivity contribution in [2.45, 2.75) is 51.7 Å². The maximum absolute atomic E-state index is 10.8. The summed E-state index contributed by atoms with van der Waals surface area (Å²) in [6, 6.07) is 2.21. The van der Waals surface area contributed by atoms with Gasteiger partial charge in [-0.1, -0.05) is 13.3 Å². The molecule has 1 aliphatic heterocycles. The minimum Gasteiger partial charge on any atom is -0.390 e. The topological polar surface area (TPSA) is 23.5 Å². The average Bonchev–Trinajstić information content (AvgIpc) is 2.98. The van der Waals surface area contributed by atoms with Gasteiger partial charge in [-0.3, -0.25) is 4.90 Å². The van der Waals surface area contributed by atoms with E-state index in [0.717, 1.165) is 31.8 Å². The van der Waals surface area contributed by atoms with Crippen LogP contribution in [-0.4, -0.2) is 28.7 Å². The van der Waals surface area contributed by atoms with Gasteiger partial charge in [0.2, 0.25) is 0 Å². The molecule has 3 heteroatoms. The van der Waals surface area contributed by atoms with Crippen molar-refractivity contribution >= 4 is 11.3 Å². The second-order valence-corrected chi connectivity index (χ2v) is 7.44. The lowest BCUT2D eigenvalue weighted by Gasteiger charge is -2.40. The maximum atomic E-state index is 10.8. The van der Waals surface area contributed by atoms with Gasteiger partial charge in [-0.25, -0.2) is 0 Å². The fourth-order valence-corrected chi connectivity index (χ4v) is 5.00. The van der Waals surface area contributed by atoms with Crippen LogP contribution in [0.3, 0.4) is 0 Å². The molecular formula is C16H25NOS. The van der Waals surface area contributed by atoms with Gasteiger partial charge in [0.15, 0.2) is 0 Å². The molecule has 0 radical (unpaired) electrons. The maximum Gasteiger partial charge on any atom is 0.0688 e. The first-order valence-electron chi connectivity index (χ1n) is 7.60. The molecule has 1 aliphatic carbocycles. The summed E-state index contributed by atoms with van der Waals surface area (Å²) in [6.45, 7) is 7.71. The van der Waals surface area contributed by atoms with Crippen LogP contribution in [0.15, 0.2) is 11.4 Å². The number of nitrogens with zero attached hydrogens (tertiary/aromatic N) is 1. The lowest BCUT2D eigenvalue weighted by molar-refractivity contribution is -0.0613. The summed E-state index contributed by atoms with van der Waals surface area (Å²) in [5, 5.41) is 13.0. The number of aryl methyl sites for hydroxylation is 1. The third kappa shape index (κ3) is 2.48. The van der Waals surface area contributed by atoms with Gasteiger partial charge in [-0.2, -0.15) is 0 Å². The molecule has 3 rings (SSSR count). The summed E-state index contributed by atoms with van der Waals surface area (Å²) in [7, 11) is 0. The molecule has 19 heavy (non-hydrogen) atoms. The molecule has 1 N–H and O–H groups in total. The van der Waals surface area contributed by atoms with E-state index in [9.17, 15) is 5.11 Å². The van der Waals surface area contributed by atoms with E-state index in [-0.39, 0.29) is 5.60 Å². The van der Waals surface area contributed by atoms with Crippen molar-refractivity contribution in [1.82, 2.24) is 4.90 Å². The zero-order valence-corrected chi connectivity index (χ0v) is 12.9. The van der Waals surface area contributed by atoms with Crippen LogP contribution in [0.1, 0.15) is 43.0 Å². The van der Waals surface area contributed by atoms with Crippen LogP contribution in [0.4, 0.5) is 0 Å². The van der Waals surface area contributed by atoms with Gasteiger partial charge in [0.05, 0.1) is 5.60 Å². The highest BCUT2D eigenvalue weighted by Gasteiger charge is 2.47. The van der Waals surface area contributed by atoms with Crippen LogP contribution in [-0.2, 0) is 6.54 Å². The van der Waals surface area contributed by atoms with Crippen molar-refractivity contribution in [2.24, 2.45) is 11.8 Å². The molecule has 0 bridgehead atoms. The molecule has 0 aromatic carbocycles. The Labute approximate surface area is 120 Å². The second-order valence-electron chi connectivity index (χ2n) is 6.44. The minimum absolute atomic E-state index is 0.387. The molecule has 1 saturated carbocycles. The van der Waals surface area contributed by atoms with Crippen LogP contribution < -0.4 is 0 Å². The molecule has 1 aromatic heterocycles. The van der Waals surface area contributed by atoms with E-state index in [1.165, 1.54) is 29.8 Å². The van der Waals surface area contributed by atoms with Crippen molar-refractivity contribution < 1.29 is 5.11 Å². The SMILES string of the molecule is CC[C@@]1(O)CCC[C@@H]2CN(Cc3sccc3C)C[C@@H]21. The van der Waals surface area contributed by atoms with E-state index in [4.69, 9.17) is 0 Å². The Morgan fingerprint density at radius 3 is 3.00 bits per heavy atom. The first-order valence-corrected chi connectivity index (χ1v) is 8.48. The summed E-state index contributed by atoms with van der Waals surface area (Å²) in [4.78, 5) is 4.07. The number of thiophene rings is 1. The monoisotopic (exact) mass is 279 g/mol. The highest BCUT2D eigenvalue weighted by Crippen LogP contribution is 2.44. The first kappa shape index (κ1) is 13.6. The highest BCUT2D eigenvalue weighted by atomic mass is 32.1. The summed E-state index contributed by atoms with van der Waals surface area (Å²) in [6.07, 6.45) is 4.45. The second kappa shape index (κ2) is 5.19. The first-order chi connectivity index (χ1) is 9.12. The van der Waals surface area contributed by atoms with E-state index in [2.05, 4.69) is 30.2 Å². The van der Waals surface area contributed by atoms with Crippen molar-refractivity contribution in [1.29, 1.82) is 0 Å². The number of aliphatic hydroxyl groups is 1. The van der Waals surface area contributed by atoms with Gasteiger partial charge in [0, 0.05) is 30.4 Å². The van der Waals surface area contributed by atoms with Crippen molar-refractivity contribution in [3.63, 3.8) is 0 Å². The van der Waals surface area contributed by atoms with Gasteiger partial charge in [0.25, 0.3) is 0 Å². The fourth-order valence-electron chi connectivity index (χ4n) is 4.05. The Kier molecular flexibility index (Phi) is 3.71. The Morgan fingerprint density at radius 2 is 2.32 bits per heavy atom. The van der Waals surface area contributed by atoms with Crippen LogP contribution in [0.25, 0.3) is 0 Å². The summed E-state index contributed by atoms with van der Waals surface area (Å²) in [5.41, 5.74) is 1.04. The zero-order chi connectivity index (χ0) is 13.5. The summed E-state index contributed by atoms with van der Waals surface area (Å²) >= 11 is 1.87. The molecule has 0 amide bonds. The number of hydrogen-bond donors (Lipinski definition) is 1. The van der Waals surface area contributed by atoms with Crippen LogP contribution in [0, 0.1) is 18.8 Å². The van der Waals surface area contributed by atoms with E-state index in [1.54, 1.807) is 0 Å². The zero-order valence-electron chi connectivity index (χ0n) is 12.1. The lowest BCUT2D eigenvalue weighted by Crippen LogP contribution is -2.44. The highest BCUT2D eigenvalue weighted by molar-refractivity contribution is 7.10. The van der Waals surface area contributed by atoms with Crippen LogP contribution >= 0.6 is 11.3 Å². The number of fused-ring (bicyclic) bond motifs is 1. The molecule has 1 saturated heterocycles. The van der Waals surface area contributed by atoms with E-state index in [1.807, 2.05) is 11.3 Å². The smallest absolute Gasteiger partial charge is 0.0688 e. The Bertz CT molecular complexity index is 444. The van der Waals surface area contributed by atoms with Crippen LogP contribution in [0.2, 0.25) is 0 Å². The number of rotatable bonds is 3. The quantitative estimate of drug-likeness (QED) is 0.916. The molecule has 0 spiro atoms. The Balaban J connectivity index is 1.70. The predicted molar refractivity (Wildman–Crippen MR) is 80.4 cm³/mol. The molecule has 3 atom stereocenters. The van der Waals surface area contributed by atoms with Gasteiger partial charge in [-0.05, 0) is 49.1 Å². The number of hydrogen-bond acceptors (Lipinski definition) is 3. The van der Waals surface area contributed by atoms with Crippen molar-refractivity contribution in [2.75, 3.05) is 13.1 Å². The fraction of sp³-hybridized carbons (Fsp3) is 0.750. The van der Waals surface area contributed by atoms with Gasteiger partial charge < -0.3 is 5.11 Å². The summed E-state index contributed by atoms with van der Waals surface area (Å²) < 4.78 is 0. The summed E-state index contributed by atoms with van der Waals surface area (Å²) in [5.74, 6) is 1.23. The van der Waals surface area contributed by atoms with E-state index in [0.29, 0.717) is 5.92 Å². The Morgan fingerprint density at radius 1 is 1.47 bits per heavy atom. The third-order valence-corrected chi connectivity index (χ3v) is 6.35. The normalized spacial score (nSPS) is 35.5. The molecule has 2 fully saturated rings. The molecule has 1 aromatic rings. The molecule has 2 heterocycles. The Hall–Kier alpha value is -0.380. The van der Waals surface area contributed by atoms with Crippen molar-refractivity contribution in [3.05, 3.63) is 21.9 Å². The van der Waals surface area contributed by atoms with Gasteiger partial charge in [0.1, 0.15) is 0 Å². The van der Waals surface area contributed by atoms with Gasteiger partial charge >= 0.3 is 0 Å². The molecule has 2 nitrogen and oxygen atoms in total. The minimum atomic E-state index is -0.387. The van der Waals surface area contributed by atoms with Crippen molar-refractivity contribution in [3.8, 4) is 0 Å². The molecule has 106 valence electrons. The standard InChI is InChI=1S/C16H25NOS/c1-3-16(18)7-4-5-13-9-17(10-14(13)16)11-15-12(2)6-8-19-15/h6,8,13-14,18H,3-5,7,9-11H2,1-2H3/t13-,14+,16-/m1/s1. The van der Waals surface area contributed by atoms with E-state index >= 15 is 0 Å². The lowest BCUT2D eigenvalue weighted by atomic mass is 9.69. The largest absolute Gasteiger partial charge is 0.390 e. The van der Waals surface area contributed by atoms with Gasteiger partial charge in [-0.15, -0.1) is 11.3 Å². The molecular weight excluding hydrogens is 254 g/mol. The molecule has 0 unspecified atom stereocenters.